The maximum atomic E-state index is 9.85. The fourth-order valence-electron chi connectivity index (χ4n) is 1.07. The normalized spacial score (nSPS) is 8.22. The SMILES string of the molecule is CC(C)OC(=O)[S-].CC(C)OC(=O)[S-].[Sn+2].[c]1ccccc1.[c]1ccccc1. The predicted molar refractivity (Wildman–Crippen MR) is 114 cm³/mol. The maximum absolute atomic E-state index is 9.85. The molecule has 0 fully saturated rings. The Morgan fingerprint density at radius 1 is 0.667 bits per heavy atom. The summed E-state index contributed by atoms with van der Waals surface area (Å²) in [4.78, 5) is 19.7. The molecule has 0 spiro atoms. The van der Waals surface area contributed by atoms with Crippen molar-refractivity contribution in [1.29, 1.82) is 0 Å². The van der Waals surface area contributed by atoms with E-state index in [1.54, 1.807) is 27.7 Å². The molecule has 27 heavy (non-hydrogen) atoms. The Balaban J connectivity index is -0.000000281. The molecule has 0 aromatic heterocycles. The van der Waals surface area contributed by atoms with Crippen molar-refractivity contribution in [3.05, 3.63) is 72.8 Å². The van der Waals surface area contributed by atoms with Crippen molar-refractivity contribution in [2.45, 2.75) is 39.9 Å². The molecule has 0 unspecified atom stereocenters. The van der Waals surface area contributed by atoms with Crippen LogP contribution in [0.1, 0.15) is 27.7 Å². The minimum atomic E-state index is -0.630. The van der Waals surface area contributed by atoms with E-state index in [4.69, 9.17) is 0 Å². The van der Waals surface area contributed by atoms with Crippen molar-refractivity contribution in [1.82, 2.24) is 0 Å². The molecule has 2 rings (SSSR count). The molecule has 0 heterocycles. The summed E-state index contributed by atoms with van der Waals surface area (Å²) < 4.78 is 8.85. The molecule has 4 radical (unpaired) electrons. The second-order valence-electron chi connectivity index (χ2n) is 4.99. The van der Waals surface area contributed by atoms with Crippen LogP contribution in [-0.2, 0) is 34.7 Å². The van der Waals surface area contributed by atoms with Crippen LogP contribution in [-0.4, -0.2) is 46.7 Å². The summed E-state index contributed by atoms with van der Waals surface area (Å²) >= 11 is 8.19. The van der Waals surface area contributed by atoms with Gasteiger partial charge in [-0.25, -0.2) is 0 Å². The Labute approximate surface area is 190 Å². The Morgan fingerprint density at radius 2 is 0.926 bits per heavy atom. The summed E-state index contributed by atoms with van der Waals surface area (Å²) in [6.45, 7) is 7.02. The van der Waals surface area contributed by atoms with Gasteiger partial charge >= 0.3 is 23.9 Å². The van der Waals surface area contributed by atoms with E-state index in [2.05, 4.69) is 46.9 Å². The molecule has 0 amide bonds. The third kappa shape index (κ3) is 36.3. The molecule has 0 aliphatic heterocycles. The summed E-state index contributed by atoms with van der Waals surface area (Å²) in [6.07, 6.45) is -0.157. The Kier molecular flexibility index (Phi) is 25.5. The molecule has 4 nitrogen and oxygen atoms in total. The fourth-order valence-corrected chi connectivity index (χ4v) is 1.45. The van der Waals surface area contributed by atoms with E-state index in [0.29, 0.717) is 0 Å². The van der Waals surface area contributed by atoms with Gasteiger partial charge in [-0.1, -0.05) is 60.7 Å². The van der Waals surface area contributed by atoms with E-state index < -0.39 is 10.6 Å². The molecular weight excluding hydrogens is 487 g/mol. The minimum Gasteiger partial charge on any atom is -0.698 e. The number of ether oxygens (including phenoxy) is 2. The monoisotopic (exact) mass is 512 g/mol. The zero-order valence-corrected chi connectivity index (χ0v) is 20.4. The molecule has 0 saturated heterocycles. The van der Waals surface area contributed by atoms with Crippen LogP contribution in [0.3, 0.4) is 0 Å². The van der Waals surface area contributed by atoms with Crippen LogP contribution in [0.4, 0.5) is 9.59 Å². The molecule has 0 atom stereocenters. The second kappa shape index (κ2) is 22.7. The van der Waals surface area contributed by atoms with E-state index in [0.717, 1.165) is 0 Å². The Bertz CT molecular complexity index is 448. The van der Waals surface area contributed by atoms with Crippen LogP contribution in [0.25, 0.3) is 0 Å². The van der Waals surface area contributed by atoms with Gasteiger partial charge in [0, 0.05) is 0 Å². The van der Waals surface area contributed by atoms with Crippen LogP contribution < -0.4 is 0 Å². The van der Waals surface area contributed by atoms with Gasteiger partial charge in [-0.05, 0) is 39.8 Å². The van der Waals surface area contributed by atoms with E-state index in [-0.39, 0.29) is 36.1 Å². The van der Waals surface area contributed by atoms with E-state index in [9.17, 15) is 9.59 Å². The molecule has 0 saturated carbocycles. The third-order valence-electron chi connectivity index (χ3n) is 1.88. The first-order valence-electron chi connectivity index (χ1n) is 7.83. The van der Waals surface area contributed by atoms with Crippen LogP contribution in [0.15, 0.2) is 60.7 Å². The molecule has 0 N–H and O–H groups in total. The molecular formula is C20H24O4S2Sn. The van der Waals surface area contributed by atoms with Gasteiger partial charge in [-0.2, -0.15) is 0 Å². The summed E-state index contributed by atoms with van der Waals surface area (Å²) in [6, 6.07) is 25.0. The Hall–Kier alpha value is -1.38. The smallest absolute Gasteiger partial charge is 0.698 e. The van der Waals surface area contributed by atoms with Crippen LogP contribution in [0.5, 0.6) is 0 Å². The molecule has 2 aromatic carbocycles. The van der Waals surface area contributed by atoms with Gasteiger partial charge < -0.3 is 34.7 Å². The van der Waals surface area contributed by atoms with Crippen molar-refractivity contribution < 1.29 is 19.1 Å². The second-order valence-corrected chi connectivity index (χ2v) is 5.65. The van der Waals surface area contributed by atoms with Crippen LogP contribution in [0, 0.1) is 12.1 Å². The van der Waals surface area contributed by atoms with Crippen molar-refractivity contribution >= 4 is 59.8 Å². The number of hydrogen-bond donors (Lipinski definition) is 0. The summed E-state index contributed by atoms with van der Waals surface area (Å²) in [5.41, 5.74) is 0. The van der Waals surface area contributed by atoms with Gasteiger partial charge in [0.1, 0.15) is 0 Å². The third-order valence-corrected chi connectivity index (χ3v) is 2.07. The summed E-state index contributed by atoms with van der Waals surface area (Å²) in [5, 5.41) is -1.26. The predicted octanol–water partition coefficient (Wildman–Crippen LogP) is 4.75. The average Bonchev–Trinajstić information content (AvgIpc) is 2.57. The zero-order chi connectivity index (χ0) is 20.2. The molecule has 144 valence electrons. The maximum Gasteiger partial charge on any atom is 2.00 e. The topological polar surface area (TPSA) is 52.6 Å². The Morgan fingerprint density at radius 3 is 0.963 bits per heavy atom. The van der Waals surface area contributed by atoms with Crippen LogP contribution >= 0.6 is 0 Å². The van der Waals surface area contributed by atoms with Gasteiger partial charge in [-0.15, -0.1) is 0 Å². The molecule has 0 bridgehead atoms. The number of benzene rings is 2. The van der Waals surface area contributed by atoms with Crippen molar-refractivity contribution in [3.8, 4) is 0 Å². The van der Waals surface area contributed by atoms with E-state index >= 15 is 0 Å². The first-order chi connectivity index (χ1) is 12.3. The quantitative estimate of drug-likeness (QED) is 0.330. The number of carbonyl (C=O) groups is 2. The minimum absolute atomic E-state index is 0. The number of hydrogen-bond acceptors (Lipinski definition) is 6. The number of carbonyl (C=O) groups excluding carboxylic acids is 2. The molecule has 0 aliphatic carbocycles. The zero-order valence-electron chi connectivity index (χ0n) is 15.9. The fraction of sp³-hybridized carbons (Fsp3) is 0.300. The van der Waals surface area contributed by atoms with Crippen LogP contribution in [0.2, 0.25) is 0 Å². The van der Waals surface area contributed by atoms with Gasteiger partial charge in [0.2, 0.25) is 0 Å². The van der Waals surface area contributed by atoms with Crippen molar-refractivity contribution in [2.75, 3.05) is 0 Å². The van der Waals surface area contributed by atoms with Gasteiger partial charge in [0.25, 0.3) is 0 Å². The molecule has 7 heteroatoms. The van der Waals surface area contributed by atoms with Gasteiger partial charge in [-0.3, -0.25) is 9.59 Å². The molecule has 2 aromatic rings. The summed E-state index contributed by atoms with van der Waals surface area (Å²) in [7, 11) is 0. The summed E-state index contributed by atoms with van der Waals surface area (Å²) in [5.74, 6) is 0. The molecule has 0 aliphatic rings. The first-order valence-corrected chi connectivity index (χ1v) is 8.64. The average molecular weight is 511 g/mol. The van der Waals surface area contributed by atoms with E-state index in [1.165, 1.54) is 0 Å². The standard InChI is InChI=1S/2C6H5.2C4H8O2S.Sn/c2*1-2-4-6-5-3-1;2*1-3(2)6-4(5)7;/h2*1-5H;2*3H,1-2H3,(H,5,7);/q;;;;+2/p-2. The van der Waals surface area contributed by atoms with E-state index in [1.807, 2.05) is 60.7 Å². The van der Waals surface area contributed by atoms with Crippen molar-refractivity contribution in [2.24, 2.45) is 0 Å². The van der Waals surface area contributed by atoms with Gasteiger partial charge in [0.05, 0.1) is 12.2 Å². The first kappa shape index (κ1) is 30.3. The van der Waals surface area contributed by atoms with Gasteiger partial charge in [0.15, 0.2) is 10.6 Å². The van der Waals surface area contributed by atoms with Crippen molar-refractivity contribution in [3.63, 3.8) is 0 Å². The largest absolute Gasteiger partial charge is 2.00 e. The number of rotatable bonds is 2.